The van der Waals surface area contributed by atoms with Crippen molar-refractivity contribution in [2.45, 2.75) is 37.1 Å². The average molecular weight is 724 g/mol. The first kappa shape index (κ1) is 34.7. The average Bonchev–Trinajstić information content (AvgIpc) is 3.75. The highest BCUT2D eigenvalue weighted by Gasteiger charge is 2.39. The highest BCUT2D eigenvalue weighted by atomic mass is 35.5. The molecule has 3 aliphatic rings. The summed E-state index contributed by atoms with van der Waals surface area (Å²) in [6.45, 7) is 4.25. The molecule has 49 heavy (non-hydrogen) atoms. The second-order valence-electron chi connectivity index (χ2n) is 11.3. The molecule has 4 aromatic heterocycles. The van der Waals surface area contributed by atoms with Crippen molar-refractivity contribution in [2.75, 3.05) is 50.0 Å². The number of aromatic amines is 2. The Labute approximate surface area is 287 Å². The highest BCUT2D eigenvalue weighted by molar-refractivity contribution is 6.35. The van der Waals surface area contributed by atoms with Crippen LogP contribution in [0.15, 0.2) is 36.7 Å². The molecule has 0 unspecified atom stereocenters. The van der Waals surface area contributed by atoms with Crippen LogP contribution in [0, 0.1) is 0 Å². The van der Waals surface area contributed by atoms with E-state index in [2.05, 4.69) is 46.5 Å². The molecule has 260 valence electrons. The van der Waals surface area contributed by atoms with Crippen molar-refractivity contribution in [2.24, 2.45) is 0 Å². The molecular weight excluding hydrogens is 692 g/mol. The number of halogens is 5. The zero-order chi connectivity index (χ0) is 34.5. The minimum absolute atomic E-state index is 0.0494. The molecule has 0 radical (unpaired) electrons. The van der Waals surface area contributed by atoms with Gasteiger partial charge in [0.15, 0.2) is 5.69 Å². The zero-order valence-electron chi connectivity index (χ0n) is 25.7. The molecule has 6 heterocycles. The first-order valence-corrected chi connectivity index (χ1v) is 16.1. The second kappa shape index (κ2) is 15.2. The number of rotatable bonds is 7. The van der Waals surface area contributed by atoms with Gasteiger partial charge in [-0.25, -0.2) is 0 Å². The SMILES string of the molecule is O=C(Nc1ccc([C@H]2CNCCO2)nc1)c1[nH]nc(C(F)(F)F)c1Cl.O=C(Nc1ccc([C@H]2CNCCO2)nc1)c1[nH]nc(C2CC2)c1Cl. The van der Waals surface area contributed by atoms with Crippen molar-refractivity contribution in [3.8, 4) is 0 Å². The molecule has 1 aliphatic carbocycles. The normalized spacial score (nSPS) is 19.4. The smallest absolute Gasteiger partial charge is 0.369 e. The lowest BCUT2D eigenvalue weighted by molar-refractivity contribution is -0.141. The number of morpholine rings is 2. The van der Waals surface area contributed by atoms with Gasteiger partial charge >= 0.3 is 6.18 Å². The molecule has 2 aliphatic heterocycles. The number of alkyl halides is 3. The monoisotopic (exact) mass is 722 g/mol. The third-order valence-electron chi connectivity index (χ3n) is 7.73. The van der Waals surface area contributed by atoms with E-state index in [0.29, 0.717) is 53.5 Å². The van der Waals surface area contributed by atoms with Gasteiger partial charge in [0.2, 0.25) is 0 Å². The van der Waals surface area contributed by atoms with Crippen molar-refractivity contribution in [1.82, 2.24) is 41.0 Å². The molecule has 0 spiro atoms. The number of pyridine rings is 2. The number of amides is 2. The maximum atomic E-state index is 12.6. The number of nitrogens with one attached hydrogen (secondary N) is 6. The second-order valence-corrected chi connectivity index (χ2v) is 12.1. The molecule has 2 saturated heterocycles. The van der Waals surface area contributed by atoms with Crippen molar-refractivity contribution in [1.29, 1.82) is 0 Å². The van der Waals surface area contributed by atoms with Gasteiger partial charge in [0.25, 0.3) is 11.8 Å². The first-order valence-electron chi connectivity index (χ1n) is 15.3. The summed E-state index contributed by atoms with van der Waals surface area (Å²) in [5.74, 6) is -0.775. The number of H-pyrrole nitrogens is 2. The van der Waals surface area contributed by atoms with E-state index < -0.39 is 28.5 Å². The minimum atomic E-state index is -4.75. The number of nitrogens with zero attached hydrogens (tertiary/aromatic N) is 4. The van der Waals surface area contributed by atoms with Gasteiger partial charge in [-0.15, -0.1) is 0 Å². The summed E-state index contributed by atoms with van der Waals surface area (Å²) in [4.78, 5) is 33.0. The number of carbonyl (C=O) groups excluding carboxylic acids is 2. The van der Waals surface area contributed by atoms with Gasteiger partial charge in [0, 0.05) is 32.1 Å². The molecule has 6 N–H and O–H groups in total. The lowest BCUT2D eigenvalue weighted by Gasteiger charge is -2.23. The van der Waals surface area contributed by atoms with E-state index in [0.717, 1.165) is 43.9 Å². The maximum absolute atomic E-state index is 12.6. The predicted molar refractivity (Wildman–Crippen MR) is 172 cm³/mol. The van der Waals surface area contributed by atoms with Crippen LogP contribution < -0.4 is 21.3 Å². The fraction of sp³-hybridized carbons (Fsp3) is 0.400. The fourth-order valence-electron chi connectivity index (χ4n) is 5.02. The predicted octanol–water partition coefficient (Wildman–Crippen LogP) is 4.64. The molecule has 19 heteroatoms. The van der Waals surface area contributed by atoms with E-state index in [4.69, 9.17) is 32.7 Å². The molecule has 3 fully saturated rings. The number of hydrogen-bond donors (Lipinski definition) is 6. The quantitative estimate of drug-likeness (QED) is 0.157. The number of hydrogen-bond acceptors (Lipinski definition) is 10. The van der Waals surface area contributed by atoms with Crippen LogP contribution in [0.25, 0.3) is 0 Å². The van der Waals surface area contributed by atoms with Crippen molar-refractivity contribution < 1.29 is 32.2 Å². The molecule has 0 aromatic carbocycles. The van der Waals surface area contributed by atoms with E-state index in [1.165, 1.54) is 6.20 Å². The lowest BCUT2D eigenvalue weighted by Crippen LogP contribution is -2.33. The lowest BCUT2D eigenvalue weighted by atomic mass is 10.2. The topological polar surface area (TPSA) is 184 Å². The summed E-state index contributed by atoms with van der Waals surface area (Å²) < 4.78 is 49.2. The molecule has 0 bridgehead atoms. The van der Waals surface area contributed by atoms with Crippen LogP contribution in [0.4, 0.5) is 24.5 Å². The maximum Gasteiger partial charge on any atom is 0.436 e. The Morgan fingerprint density at radius 3 is 1.69 bits per heavy atom. The van der Waals surface area contributed by atoms with Crippen molar-refractivity contribution in [3.05, 3.63) is 80.9 Å². The summed E-state index contributed by atoms with van der Waals surface area (Å²) >= 11 is 11.8. The van der Waals surface area contributed by atoms with Crippen LogP contribution in [0.2, 0.25) is 10.0 Å². The van der Waals surface area contributed by atoms with E-state index in [1.807, 2.05) is 17.2 Å². The Balaban J connectivity index is 0.000000170. The van der Waals surface area contributed by atoms with Crippen LogP contribution in [0.5, 0.6) is 0 Å². The van der Waals surface area contributed by atoms with Gasteiger partial charge in [-0.1, -0.05) is 23.2 Å². The van der Waals surface area contributed by atoms with Gasteiger partial charge in [0.1, 0.15) is 28.6 Å². The first-order chi connectivity index (χ1) is 23.6. The van der Waals surface area contributed by atoms with Crippen molar-refractivity contribution >= 4 is 46.4 Å². The van der Waals surface area contributed by atoms with Gasteiger partial charge < -0.3 is 30.7 Å². The number of ether oxygens (including phenoxy) is 2. The van der Waals surface area contributed by atoms with Gasteiger partial charge in [-0.3, -0.25) is 29.8 Å². The molecule has 2 atom stereocenters. The standard InChI is InChI=1S/C16H18ClN5O2.C14H13ClF3N5O2/c17-13-14(9-1-2-9)21-22-15(13)16(23)20-10-3-4-11(19-7-10)12-8-18-5-6-24-12;15-10-11(22-23-12(10)14(16,17)18)13(24)21-7-1-2-8(20-5-7)9-6-19-3-4-25-9/h3-4,7,9,12,18H,1-2,5-6,8H2,(H,20,23)(H,21,22);1-2,5,9,19H,3-4,6H2,(H,21,24)(H,22,23)/t12-;9-/m11/s1. The zero-order valence-corrected chi connectivity index (χ0v) is 27.2. The Morgan fingerprint density at radius 1 is 0.776 bits per heavy atom. The summed E-state index contributed by atoms with van der Waals surface area (Å²) in [5.41, 5.74) is 1.70. The molecule has 14 nitrogen and oxygen atoms in total. The largest absolute Gasteiger partial charge is 0.436 e. The van der Waals surface area contributed by atoms with E-state index in [-0.39, 0.29) is 18.1 Å². The van der Waals surface area contributed by atoms with Gasteiger partial charge in [0.05, 0.1) is 59.1 Å². The number of aromatic nitrogens is 6. The Bertz CT molecular complexity index is 1750. The van der Waals surface area contributed by atoms with Crippen LogP contribution in [0.3, 0.4) is 0 Å². The third kappa shape index (κ3) is 8.55. The summed E-state index contributed by atoms with van der Waals surface area (Å²) in [5, 5.41) is 23.2. The molecular formula is C30H31Cl2F3N10O4. The van der Waals surface area contributed by atoms with Crippen molar-refractivity contribution in [3.63, 3.8) is 0 Å². The summed E-state index contributed by atoms with van der Waals surface area (Å²) in [7, 11) is 0. The molecule has 1 saturated carbocycles. The van der Waals surface area contributed by atoms with E-state index >= 15 is 0 Å². The summed E-state index contributed by atoms with van der Waals surface area (Å²) in [6, 6.07) is 6.91. The van der Waals surface area contributed by atoms with Crippen LogP contribution in [0.1, 0.15) is 74.7 Å². The van der Waals surface area contributed by atoms with Crippen LogP contribution >= 0.6 is 23.2 Å². The Kier molecular flexibility index (Phi) is 10.8. The van der Waals surface area contributed by atoms with Gasteiger partial charge in [-0.05, 0) is 37.1 Å². The molecule has 2 amide bonds. The van der Waals surface area contributed by atoms with E-state index in [1.54, 1.807) is 18.3 Å². The highest BCUT2D eigenvalue weighted by Crippen LogP contribution is 2.43. The molecule has 4 aromatic rings. The number of carbonyl (C=O) groups is 2. The number of anilines is 2. The van der Waals surface area contributed by atoms with Crippen LogP contribution in [-0.4, -0.2) is 81.6 Å². The van der Waals surface area contributed by atoms with Gasteiger partial charge in [-0.2, -0.15) is 23.4 Å². The van der Waals surface area contributed by atoms with Crippen LogP contribution in [-0.2, 0) is 15.7 Å². The Hall–Kier alpha value is -4.13. The molecule has 7 rings (SSSR count). The Morgan fingerprint density at radius 2 is 1.29 bits per heavy atom. The minimum Gasteiger partial charge on any atom is -0.369 e. The van der Waals surface area contributed by atoms with E-state index in [9.17, 15) is 22.8 Å². The summed E-state index contributed by atoms with van der Waals surface area (Å²) in [6.07, 6.45) is 0.187. The fourth-order valence-corrected chi connectivity index (χ4v) is 5.63. The third-order valence-corrected chi connectivity index (χ3v) is 8.48.